The van der Waals surface area contributed by atoms with Crippen LogP contribution in [0.2, 0.25) is 0 Å². The van der Waals surface area contributed by atoms with Crippen molar-refractivity contribution in [3.05, 3.63) is 71.0 Å². The summed E-state index contributed by atoms with van der Waals surface area (Å²) in [6.07, 6.45) is 1.51. The highest BCUT2D eigenvalue weighted by atomic mass is 35.5. The Morgan fingerprint density at radius 3 is 2.43 bits per heavy atom. The number of benzene rings is 2. The molecule has 1 heterocycles. The molecule has 0 fully saturated rings. The third-order valence-corrected chi connectivity index (χ3v) is 4.34. The molecule has 2 aromatic carbocycles. The average molecular weight is 338 g/mol. The first-order valence-corrected chi connectivity index (χ1v) is 7.39. The topological polar surface area (TPSA) is 21.7 Å². The fraction of sp³-hybridized carbons (Fsp3) is 0.333. The van der Waals surface area contributed by atoms with Crippen molar-refractivity contribution in [2.24, 2.45) is 0 Å². The predicted octanol–water partition coefficient (Wildman–Crippen LogP) is 3.71. The summed E-state index contributed by atoms with van der Waals surface area (Å²) in [5, 5.41) is 1.87. The van der Waals surface area contributed by atoms with E-state index < -0.39 is 5.72 Å². The Morgan fingerprint density at radius 2 is 1.78 bits per heavy atom. The predicted molar refractivity (Wildman–Crippen MR) is 89.9 cm³/mol. The molecule has 0 saturated carbocycles. The summed E-state index contributed by atoms with van der Waals surface area (Å²) in [4.78, 5) is 5.59. The van der Waals surface area contributed by atoms with Crippen LogP contribution in [-0.2, 0) is 28.1 Å². The van der Waals surface area contributed by atoms with Crippen LogP contribution >= 0.6 is 12.4 Å². The molecule has 1 aliphatic heterocycles. The van der Waals surface area contributed by atoms with Gasteiger partial charge in [0.1, 0.15) is 5.82 Å². The molecule has 0 radical (unpaired) electrons. The number of nitrogens with zero attached hydrogens (tertiary/aromatic N) is 1. The van der Waals surface area contributed by atoms with E-state index in [1.54, 1.807) is 26.4 Å². The monoisotopic (exact) mass is 337 g/mol. The van der Waals surface area contributed by atoms with Gasteiger partial charge in [-0.15, -0.1) is 12.4 Å². The molecule has 0 aromatic heterocycles. The molecule has 0 bridgehead atoms. The minimum absolute atomic E-state index is 0. The van der Waals surface area contributed by atoms with E-state index in [4.69, 9.17) is 9.57 Å². The summed E-state index contributed by atoms with van der Waals surface area (Å²) >= 11 is 0. The van der Waals surface area contributed by atoms with Crippen molar-refractivity contribution in [1.82, 2.24) is 5.06 Å². The lowest BCUT2D eigenvalue weighted by Gasteiger charge is -2.45. The Hall–Kier alpha value is -1.46. The SMILES string of the molecule is CON1CCc2ccccc2C1(Cc1ccc(F)cc1)OC.Cl. The smallest absolute Gasteiger partial charge is 0.173 e. The molecule has 124 valence electrons. The van der Waals surface area contributed by atoms with Crippen LogP contribution in [0.1, 0.15) is 16.7 Å². The molecule has 0 amide bonds. The van der Waals surface area contributed by atoms with Gasteiger partial charge in [0.2, 0.25) is 0 Å². The molecule has 3 nitrogen and oxygen atoms in total. The zero-order valence-electron chi connectivity index (χ0n) is 13.3. The molecule has 0 aliphatic carbocycles. The second kappa shape index (κ2) is 7.41. The molecule has 3 rings (SSSR count). The van der Waals surface area contributed by atoms with Crippen LogP contribution in [0.3, 0.4) is 0 Å². The van der Waals surface area contributed by atoms with Crippen LogP contribution in [0.15, 0.2) is 48.5 Å². The highest BCUT2D eigenvalue weighted by Gasteiger charge is 2.43. The normalized spacial score (nSPS) is 20.7. The Bertz CT molecular complexity index is 650. The van der Waals surface area contributed by atoms with E-state index in [1.165, 1.54) is 17.7 Å². The van der Waals surface area contributed by atoms with Gasteiger partial charge in [-0.1, -0.05) is 36.4 Å². The highest BCUT2D eigenvalue weighted by Crippen LogP contribution is 2.39. The molecule has 1 atom stereocenters. The number of methoxy groups -OCH3 is 1. The molecular weight excluding hydrogens is 317 g/mol. The Morgan fingerprint density at radius 1 is 1.09 bits per heavy atom. The van der Waals surface area contributed by atoms with Gasteiger partial charge >= 0.3 is 0 Å². The maximum Gasteiger partial charge on any atom is 0.173 e. The molecule has 1 aliphatic rings. The molecule has 0 N–H and O–H groups in total. The van der Waals surface area contributed by atoms with Crippen LogP contribution in [0.25, 0.3) is 0 Å². The molecule has 1 unspecified atom stereocenters. The Kier molecular flexibility index (Phi) is 5.76. The lowest BCUT2D eigenvalue weighted by atomic mass is 9.86. The van der Waals surface area contributed by atoms with E-state index in [9.17, 15) is 4.39 Å². The number of halogens is 2. The van der Waals surface area contributed by atoms with E-state index in [0.29, 0.717) is 6.42 Å². The minimum atomic E-state index is -0.693. The number of ether oxygens (including phenoxy) is 1. The minimum Gasteiger partial charge on any atom is -0.357 e. The number of hydroxylamine groups is 2. The largest absolute Gasteiger partial charge is 0.357 e. The third kappa shape index (κ3) is 3.26. The van der Waals surface area contributed by atoms with Gasteiger partial charge in [-0.05, 0) is 29.7 Å². The molecule has 0 spiro atoms. The van der Waals surface area contributed by atoms with Crippen LogP contribution in [0, 0.1) is 5.82 Å². The van der Waals surface area contributed by atoms with Crippen molar-refractivity contribution in [2.75, 3.05) is 20.8 Å². The number of rotatable bonds is 4. The Labute approximate surface area is 142 Å². The van der Waals surface area contributed by atoms with Crippen molar-refractivity contribution in [3.63, 3.8) is 0 Å². The zero-order chi connectivity index (χ0) is 15.6. The Balaban J connectivity index is 0.00000192. The first-order chi connectivity index (χ1) is 10.7. The number of hydrogen-bond acceptors (Lipinski definition) is 3. The lowest BCUT2D eigenvalue weighted by Crippen LogP contribution is -2.52. The van der Waals surface area contributed by atoms with Crippen LogP contribution in [-0.4, -0.2) is 25.8 Å². The van der Waals surface area contributed by atoms with Crippen molar-refractivity contribution >= 4 is 12.4 Å². The molecule has 23 heavy (non-hydrogen) atoms. The molecule has 0 saturated heterocycles. The van der Waals surface area contributed by atoms with Crippen molar-refractivity contribution in [2.45, 2.75) is 18.6 Å². The van der Waals surface area contributed by atoms with E-state index in [0.717, 1.165) is 24.1 Å². The lowest BCUT2D eigenvalue weighted by molar-refractivity contribution is -0.301. The van der Waals surface area contributed by atoms with E-state index in [1.807, 2.05) is 17.2 Å². The van der Waals surface area contributed by atoms with Gasteiger partial charge in [-0.3, -0.25) is 4.84 Å². The summed E-state index contributed by atoms with van der Waals surface area (Å²) in [6, 6.07) is 14.8. The zero-order valence-corrected chi connectivity index (χ0v) is 14.1. The summed E-state index contributed by atoms with van der Waals surface area (Å²) in [6.45, 7) is 0.753. The quantitative estimate of drug-likeness (QED) is 0.849. The van der Waals surface area contributed by atoms with Gasteiger partial charge in [0.15, 0.2) is 5.72 Å². The summed E-state index contributed by atoms with van der Waals surface area (Å²) in [7, 11) is 3.35. The first-order valence-electron chi connectivity index (χ1n) is 7.39. The number of hydrogen-bond donors (Lipinski definition) is 0. The van der Waals surface area contributed by atoms with Crippen LogP contribution < -0.4 is 0 Å². The second-order valence-electron chi connectivity index (χ2n) is 5.48. The summed E-state index contributed by atoms with van der Waals surface area (Å²) < 4.78 is 19.1. The maximum atomic E-state index is 13.2. The molecular formula is C18H21ClFNO2. The van der Waals surface area contributed by atoms with Gasteiger partial charge in [-0.2, -0.15) is 5.06 Å². The van der Waals surface area contributed by atoms with Gasteiger partial charge in [0.05, 0.1) is 7.11 Å². The van der Waals surface area contributed by atoms with Crippen molar-refractivity contribution < 1.29 is 14.0 Å². The summed E-state index contributed by atoms with van der Waals surface area (Å²) in [5.74, 6) is -0.233. The first kappa shape index (κ1) is 17.9. The van der Waals surface area contributed by atoms with Gasteiger partial charge in [-0.25, -0.2) is 4.39 Å². The van der Waals surface area contributed by atoms with Gasteiger partial charge in [0.25, 0.3) is 0 Å². The number of fused-ring (bicyclic) bond motifs is 1. The molecule has 2 aromatic rings. The maximum absolute atomic E-state index is 13.2. The summed E-state index contributed by atoms with van der Waals surface area (Å²) in [5.41, 5.74) is 2.68. The highest BCUT2D eigenvalue weighted by molar-refractivity contribution is 5.85. The van der Waals surface area contributed by atoms with E-state index in [-0.39, 0.29) is 18.2 Å². The van der Waals surface area contributed by atoms with Crippen LogP contribution in [0.5, 0.6) is 0 Å². The van der Waals surface area contributed by atoms with Crippen molar-refractivity contribution in [3.8, 4) is 0 Å². The van der Waals surface area contributed by atoms with Crippen molar-refractivity contribution in [1.29, 1.82) is 0 Å². The third-order valence-electron chi connectivity index (χ3n) is 4.34. The second-order valence-corrected chi connectivity index (χ2v) is 5.48. The molecule has 5 heteroatoms. The standard InChI is InChI=1S/C18H20FNO2.ClH/c1-21-18(13-14-7-9-16(19)10-8-14)17-6-4-3-5-15(17)11-12-20(18)22-2;/h3-10H,11-13H2,1-2H3;1H. The van der Waals surface area contributed by atoms with Gasteiger partial charge in [0, 0.05) is 25.6 Å². The average Bonchev–Trinajstić information content (AvgIpc) is 2.57. The van der Waals surface area contributed by atoms with E-state index >= 15 is 0 Å². The fourth-order valence-electron chi connectivity index (χ4n) is 3.24. The van der Waals surface area contributed by atoms with E-state index in [2.05, 4.69) is 12.1 Å². The van der Waals surface area contributed by atoms with Crippen LogP contribution in [0.4, 0.5) is 4.39 Å². The fourth-order valence-corrected chi connectivity index (χ4v) is 3.24. The van der Waals surface area contributed by atoms with Gasteiger partial charge < -0.3 is 4.74 Å².